The zero-order chi connectivity index (χ0) is 13.7. The van der Waals surface area contributed by atoms with Crippen LogP contribution in [0.25, 0.3) is 0 Å². The molecule has 0 aromatic carbocycles. The van der Waals surface area contributed by atoms with Crippen molar-refractivity contribution in [3.63, 3.8) is 0 Å². The third-order valence-electron chi connectivity index (χ3n) is 3.75. The summed E-state index contributed by atoms with van der Waals surface area (Å²) in [7, 11) is 0. The Morgan fingerprint density at radius 2 is 1.78 bits per heavy atom. The molecule has 2 atom stereocenters. The summed E-state index contributed by atoms with van der Waals surface area (Å²) in [4.78, 5) is 0. The van der Waals surface area contributed by atoms with Gasteiger partial charge in [0, 0.05) is 23.3 Å². The molecular formula is C15H29N3. The van der Waals surface area contributed by atoms with Gasteiger partial charge < -0.3 is 5.32 Å². The minimum absolute atomic E-state index is 0.401. The lowest BCUT2D eigenvalue weighted by Gasteiger charge is -2.17. The minimum atomic E-state index is 0.401. The Hall–Kier alpha value is -0.830. The Morgan fingerprint density at radius 1 is 1.11 bits per heavy atom. The van der Waals surface area contributed by atoms with E-state index in [0.29, 0.717) is 12.1 Å². The van der Waals surface area contributed by atoms with Crippen molar-refractivity contribution in [3.05, 3.63) is 17.0 Å². The first-order valence-electron chi connectivity index (χ1n) is 7.43. The van der Waals surface area contributed by atoms with E-state index in [1.165, 1.54) is 17.0 Å². The van der Waals surface area contributed by atoms with Gasteiger partial charge in [-0.1, -0.05) is 27.7 Å². The van der Waals surface area contributed by atoms with Gasteiger partial charge in [0.25, 0.3) is 0 Å². The highest BCUT2D eigenvalue weighted by molar-refractivity contribution is 5.30. The van der Waals surface area contributed by atoms with Crippen molar-refractivity contribution in [1.82, 2.24) is 15.1 Å². The van der Waals surface area contributed by atoms with Crippen molar-refractivity contribution >= 4 is 0 Å². The summed E-state index contributed by atoms with van der Waals surface area (Å²) in [5.41, 5.74) is 4.11. The maximum atomic E-state index is 4.85. The lowest BCUT2D eigenvalue weighted by Crippen LogP contribution is -2.20. The van der Waals surface area contributed by atoms with Gasteiger partial charge >= 0.3 is 0 Å². The zero-order valence-corrected chi connectivity index (χ0v) is 12.9. The normalized spacial score (nSPS) is 14.8. The van der Waals surface area contributed by atoms with Crippen LogP contribution >= 0.6 is 0 Å². The van der Waals surface area contributed by atoms with E-state index in [0.717, 1.165) is 25.8 Å². The van der Waals surface area contributed by atoms with Gasteiger partial charge in [0.05, 0.1) is 5.69 Å². The molecule has 0 radical (unpaired) electrons. The highest BCUT2D eigenvalue weighted by Crippen LogP contribution is 2.26. The molecule has 0 saturated heterocycles. The monoisotopic (exact) mass is 251 g/mol. The summed E-state index contributed by atoms with van der Waals surface area (Å²) in [5.74, 6) is 0. The molecule has 0 aliphatic heterocycles. The van der Waals surface area contributed by atoms with Gasteiger partial charge in [0.2, 0.25) is 0 Å². The predicted molar refractivity (Wildman–Crippen MR) is 78.1 cm³/mol. The molecule has 1 heterocycles. The molecule has 0 aliphatic carbocycles. The standard InChI is InChI=1S/C15H29N3/c1-7-11(5)18-14(9-3)15(12(6)16-10-4)13(8-2)17-18/h11-12,16H,7-10H2,1-6H3. The first kappa shape index (κ1) is 15.2. The Bertz CT molecular complexity index is 368. The number of nitrogens with one attached hydrogen (secondary N) is 1. The Balaban J connectivity index is 3.24. The number of rotatable bonds is 7. The molecule has 2 unspecified atom stereocenters. The van der Waals surface area contributed by atoms with Gasteiger partial charge in [-0.05, 0) is 39.7 Å². The van der Waals surface area contributed by atoms with Gasteiger partial charge in [-0.25, -0.2) is 0 Å². The van der Waals surface area contributed by atoms with Crippen LogP contribution in [0.1, 0.15) is 77.0 Å². The molecule has 3 heteroatoms. The number of hydrogen-bond donors (Lipinski definition) is 1. The smallest absolute Gasteiger partial charge is 0.0672 e. The van der Waals surface area contributed by atoms with Crippen LogP contribution < -0.4 is 5.32 Å². The van der Waals surface area contributed by atoms with Crippen LogP contribution in [0.5, 0.6) is 0 Å². The molecular weight excluding hydrogens is 222 g/mol. The summed E-state index contributed by atoms with van der Waals surface area (Å²) >= 11 is 0. The van der Waals surface area contributed by atoms with Crippen molar-refractivity contribution in [2.24, 2.45) is 0 Å². The lowest BCUT2D eigenvalue weighted by atomic mass is 10.0. The van der Waals surface area contributed by atoms with Crippen molar-refractivity contribution in [1.29, 1.82) is 0 Å². The molecule has 3 nitrogen and oxygen atoms in total. The average molecular weight is 251 g/mol. The quantitative estimate of drug-likeness (QED) is 0.801. The topological polar surface area (TPSA) is 29.9 Å². The molecule has 18 heavy (non-hydrogen) atoms. The van der Waals surface area contributed by atoms with Crippen LogP contribution in [0.3, 0.4) is 0 Å². The second kappa shape index (κ2) is 6.93. The summed E-state index contributed by atoms with van der Waals surface area (Å²) in [6.45, 7) is 14.3. The van der Waals surface area contributed by atoms with Gasteiger partial charge in [0.15, 0.2) is 0 Å². The molecule has 1 aromatic heterocycles. The highest BCUT2D eigenvalue weighted by atomic mass is 15.3. The van der Waals surface area contributed by atoms with Crippen molar-refractivity contribution < 1.29 is 0 Å². The van der Waals surface area contributed by atoms with E-state index in [1.807, 2.05) is 0 Å². The highest BCUT2D eigenvalue weighted by Gasteiger charge is 2.21. The van der Waals surface area contributed by atoms with Crippen LogP contribution in [-0.4, -0.2) is 16.3 Å². The number of aryl methyl sites for hydroxylation is 1. The molecule has 1 rings (SSSR count). The van der Waals surface area contributed by atoms with E-state index in [9.17, 15) is 0 Å². The number of nitrogens with zero attached hydrogens (tertiary/aromatic N) is 2. The predicted octanol–water partition coefficient (Wildman–Crippen LogP) is 3.65. The van der Waals surface area contributed by atoms with E-state index in [-0.39, 0.29) is 0 Å². The molecule has 1 aromatic rings. The van der Waals surface area contributed by atoms with Gasteiger partial charge in [-0.15, -0.1) is 0 Å². The molecule has 0 aliphatic rings. The minimum Gasteiger partial charge on any atom is -0.310 e. The first-order chi connectivity index (χ1) is 8.60. The van der Waals surface area contributed by atoms with E-state index >= 15 is 0 Å². The van der Waals surface area contributed by atoms with Crippen LogP contribution in [0.15, 0.2) is 0 Å². The van der Waals surface area contributed by atoms with E-state index in [4.69, 9.17) is 5.10 Å². The molecule has 0 bridgehead atoms. The maximum Gasteiger partial charge on any atom is 0.0672 e. The van der Waals surface area contributed by atoms with Crippen LogP contribution in [0.2, 0.25) is 0 Å². The molecule has 0 spiro atoms. The SMILES string of the molecule is CCNC(C)c1c(CC)nn(C(C)CC)c1CC. The van der Waals surface area contributed by atoms with E-state index < -0.39 is 0 Å². The molecule has 104 valence electrons. The zero-order valence-electron chi connectivity index (χ0n) is 12.9. The third kappa shape index (κ3) is 2.94. The van der Waals surface area contributed by atoms with E-state index in [1.54, 1.807) is 0 Å². The average Bonchev–Trinajstić information content (AvgIpc) is 2.76. The van der Waals surface area contributed by atoms with Crippen molar-refractivity contribution in [2.45, 2.75) is 72.9 Å². The second-order valence-corrected chi connectivity index (χ2v) is 5.00. The summed E-state index contributed by atoms with van der Waals surface area (Å²) in [6.07, 6.45) is 3.21. The first-order valence-corrected chi connectivity index (χ1v) is 7.43. The summed E-state index contributed by atoms with van der Waals surface area (Å²) in [6, 6.07) is 0.894. The van der Waals surface area contributed by atoms with E-state index in [2.05, 4.69) is 51.5 Å². The molecule has 1 N–H and O–H groups in total. The lowest BCUT2D eigenvalue weighted by molar-refractivity contribution is 0.456. The summed E-state index contributed by atoms with van der Waals surface area (Å²) in [5, 5.41) is 8.38. The van der Waals surface area contributed by atoms with Crippen LogP contribution in [-0.2, 0) is 12.8 Å². The van der Waals surface area contributed by atoms with Crippen LogP contribution in [0, 0.1) is 0 Å². The second-order valence-electron chi connectivity index (χ2n) is 5.00. The fourth-order valence-corrected chi connectivity index (χ4v) is 2.59. The fourth-order valence-electron chi connectivity index (χ4n) is 2.59. The Labute approximate surface area is 112 Å². The van der Waals surface area contributed by atoms with Gasteiger partial charge in [0.1, 0.15) is 0 Å². The number of aromatic nitrogens is 2. The Morgan fingerprint density at radius 3 is 2.22 bits per heavy atom. The van der Waals surface area contributed by atoms with Crippen LogP contribution in [0.4, 0.5) is 0 Å². The molecule has 0 amide bonds. The molecule has 0 fully saturated rings. The third-order valence-corrected chi connectivity index (χ3v) is 3.75. The Kier molecular flexibility index (Phi) is 5.86. The van der Waals surface area contributed by atoms with Gasteiger partial charge in [-0.2, -0.15) is 5.10 Å². The number of hydrogen-bond acceptors (Lipinski definition) is 2. The summed E-state index contributed by atoms with van der Waals surface area (Å²) < 4.78 is 2.25. The van der Waals surface area contributed by atoms with Gasteiger partial charge in [-0.3, -0.25) is 4.68 Å². The van der Waals surface area contributed by atoms with Crippen molar-refractivity contribution in [2.75, 3.05) is 6.54 Å². The fraction of sp³-hybridized carbons (Fsp3) is 0.800. The van der Waals surface area contributed by atoms with Crippen molar-refractivity contribution in [3.8, 4) is 0 Å². The maximum absolute atomic E-state index is 4.85. The molecule has 0 saturated carbocycles. The largest absolute Gasteiger partial charge is 0.310 e.